The van der Waals surface area contributed by atoms with Gasteiger partial charge in [-0.25, -0.2) is 4.39 Å². The van der Waals surface area contributed by atoms with E-state index in [2.05, 4.69) is 15.5 Å². The summed E-state index contributed by atoms with van der Waals surface area (Å²) in [5.41, 5.74) is 1.38. The van der Waals surface area contributed by atoms with Crippen molar-refractivity contribution in [2.75, 3.05) is 20.8 Å². The summed E-state index contributed by atoms with van der Waals surface area (Å²) in [4.78, 5) is 12.1. The van der Waals surface area contributed by atoms with Gasteiger partial charge in [0.1, 0.15) is 5.82 Å². The van der Waals surface area contributed by atoms with Crippen LogP contribution in [0, 0.1) is 5.82 Å². The highest BCUT2D eigenvalue weighted by Gasteiger charge is 2.16. The second kappa shape index (κ2) is 8.31. The van der Waals surface area contributed by atoms with Gasteiger partial charge in [0.2, 0.25) is 5.89 Å². The number of carbonyl (C=O) groups is 1. The molecule has 1 N–H and O–H groups in total. The number of halogens is 1. The number of benzene rings is 2. The fourth-order valence-electron chi connectivity index (χ4n) is 2.49. The summed E-state index contributed by atoms with van der Waals surface area (Å²) in [5.74, 6) is 0.248. The number of carbonyl (C=O) groups excluding carboxylic acids is 1. The number of hydrogen-bond donors (Lipinski definition) is 1. The van der Waals surface area contributed by atoms with Crippen molar-refractivity contribution in [1.82, 2.24) is 15.5 Å². The number of aromatic nitrogens is 2. The van der Waals surface area contributed by atoms with Crippen molar-refractivity contribution in [2.45, 2.75) is 6.42 Å². The minimum absolute atomic E-state index is 0.0829. The van der Waals surface area contributed by atoms with Crippen LogP contribution in [0.4, 0.5) is 4.39 Å². The summed E-state index contributed by atoms with van der Waals surface area (Å²) < 4.78 is 29.0. The van der Waals surface area contributed by atoms with Gasteiger partial charge < -0.3 is 19.2 Å². The maximum Gasteiger partial charge on any atom is 0.308 e. The molecular weight excluding hydrogens is 353 g/mol. The van der Waals surface area contributed by atoms with Crippen LogP contribution in [0.5, 0.6) is 11.5 Å². The van der Waals surface area contributed by atoms with Crippen LogP contribution >= 0.6 is 0 Å². The molecule has 0 aliphatic heterocycles. The second-order valence-corrected chi connectivity index (χ2v) is 5.62. The van der Waals surface area contributed by atoms with Gasteiger partial charge in [0.15, 0.2) is 11.5 Å². The molecule has 140 valence electrons. The lowest BCUT2D eigenvalue weighted by molar-refractivity contribution is 0.0920. The van der Waals surface area contributed by atoms with E-state index in [-0.39, 0.29) is 11.8 Å². The van der Waals surface area contributed by atoms with E-state index in [1.165, 1.54) is 18.2 Å². The monoisotopic (exact) mass is 371 g/mol. The maximum absolute atomic E-state index is 13.3. The molecule has 0 fully saturated rings. The molecule has 3 aromatic rings. The molecule has 1 amide bonds. The first-order valence-electron chi connectivity index (χ1n) is 8.19. The summed E-state index contributed by atoms with van der Waals surface area (Å²) in [5, 5.41) is 10.2. The van der Waals surface area contributed by atoms with E-state index in [9.17, 15) is 9.18 Å². The van der Waals surface area contributed by atoms with Crippen molar-refractivity contribution in [3.8, 4) is 23.0 Å². The molecule has 1 heterocycles. The van der Waals surface area contributed by atoms with Gasteiger partial charge >= 0.3 is 11.8 Å². The third-order valence-corrected chi connectivity index (χ3v) is 3.84. The SMILES string of the molecule is COc1ccc(CCNC(=O)c2nnc(-c3cccc(F)c3)o2)cc1OC. The van der Waals surface area contributed by atoms with E-state index in [0.29, 0.717) is 30.0 Å². The number of nitrogens with zero attached hydrogens (tertiary/aromatic N) is 2. The summed E-state index contributed by atoms with van der Waals surface area (Å²) in [7, 11) is 3.13. The highest BCUT2D eigenvalue weighted by atomic mass is 19.1. The third kappa shape index (κ3) is 4.41. The number of hydrogen-bond acceptors (Lipinski definition) is 6. The van der Waals surface area contributed by atoms with E-state index in [1.807, 2.05) is 12.1 Å². The number of methoxy groups -OCH3 is 2. The number of ether oxygens (including phenoxy) is 2. The molecule has 7 nitrogen and oxygen atoms in total. The predicted molar refractivity (Wildman–Crippen MR) is 95.3 cm³/mol. The maximum atomic E-state index is 13.3. The zero-order valence-corrected chi connectivity index (χ0v) is 14.9. The van der Waals surface area contributed by atoms with E-state index in [1.54, 1.807) is 26.4 Å². The Morgan fingerprint density at radius 1 is 1.11 bits per heavy atom. The van der Waals surface area contributed by atoms with Gasteiger partial charge in [0, 0.05) is 12.1 Å². The van der Waals surface area contributed by atoms with Crippen LogP contribution in [0.15, 0.2) is 46.9 Å². The van der Waals surface area contributed by atoms with Gasteiger partial charge in [-0.05, 0) is 42.3 Å². The molecule has 0 bridgehead atoms. The first-order chi connectivity index (χ1) is 13.1. The Morgan fingerprint density at radius 2 is 1.93 bits per heavy atom. The van der Waals surface area contributed by atoms with Gasteiger partial charge in [-0.1, -0.05) is 12.1 Å². The number of rotatable bonds is 7. The van der Waals surface area contributed by atoms with Gasteiger partial charge in [-0.2, -0.15) is 0 Å². The highest BCUT2D eigenvalue weighted by molar-refractivity contribution is 5.89. The topological polar surface area (TPSA) is 86.5 Å². The lowest BCUT2D eigenvalue weighted by Crippen LogP contribution is -2.26. The van der Waals surface area contributed by atoms with Crippen molar-refractivity contribution >= 4 is 5.91 Å². The van der Waals surface area contributed by atoms with E-state index >= 15 is 0 Å². The molecule has 3 rings (SSSR count). The summed E-state index contributed by atoms with van der Waals surface area (Å²) in [6.45, 7) is 0.367. The molecule has 0 aliphatic carbocycles. The molecule has 27 heavy (non-hydrogen) atoms. The van der Waals surface area contributed by atoms with Crippen LogP contribution in [0.2, 0.25) is 0 Å². The van der Waals surface area contributed by atoms with Crippen molar-refractivity contribution < 1.29 is 23.1 Å². The zero-order valence-electron chi connectivity index (χ0n) is 14.9. The van der Waals surface area contributed by atoms with Crippen LogP contribution in [0.1, 0.15) is 16.2 Å². The highest BCUT2D eigenvalue weighted by Crippen LogP contribution is 2.27. The molecular formula is C19H18FN3O4. The fourth-order valence-corrected chi connectivity index (χ4v) is 2.49. The van der Waals surface area contributed by atoms with E-state index in [4.69, 9.17) is 13.9 Å². The molecule has 0 atom stereocenters. The lowest BCUT2D eigenvalue weighted by Gasteiger charge is -2.09. The molecule has 2 aromatic carbocycles. The molecule has 1 aromatic heterocycles. The Balaban J connectivity index is 1.59. The Hall–Kier alpha value is -3.42. The minimum atomic E-state index is -0.495. The second-order valence-electron chi connectivity index (χ2n) is 5.62. The van der Waals surface area contributed by atoms with Crippen LogP contribution in [0.3, 0.4) is 0 Å². The summed E-state index contributed by atoms with van der Waals surface area (Å²) >= 11 is 0. The molecule has 0 unspecified atom stereocenters. The Kier molecular flexibility index (Phi) is 5.65. The molecule has 0 aliphatic rings. The number of nitrogens with one attached hydrogen (secondary N) is 1. The first-order valence-corrected chi connectivity index (χ1v) is 8.19. The summed E-state index contributed by atoms with van der Waals surface area (Å²) in [6.07, 6.45) is 0.580. The zero-order chi connectivity index (χ0) is 19.2. The Morgan fingerprint density at radius 3 is 2.67 bits per heavy atom. The van der Waals surface area contributed by atoms with Gasteiger partial charge in [-0.3, -0.25) is 4.79 Å². The van der Waals surface area contributed by atoms with Crippen molar-refractivity contribution in [3.05, 3.63) is 59.7 Å². The normalized spacial score (nSPS) is 10.5. The molecule has 0 saturated heterocycles. The van der Waals surface area contributed by atoms with Crippen LogP contribution in [-0.4, -0.2) is 36.9 Å². The molecule has 8 heteroatoms. The van der Waals surface area contributed by atoms with Gasteiger partial charge in [0.25, 0.3) is 0 Å². The van der Waals surface area contributed by atoms with Gasteiger partial charge in [0.05, 0.1) is 14.2 Å². The van der Waals surface area contributed by atoms with Crippen molar-refractivity contribution in [2.24, 2.45) is 0 Å². The average molecular weight is 371 g/mol. The number of amides is 1. The smallest absolute Gasteiger partial charge is 0.308 e. The Bertz CT molecular complexity index is 942. The van der Waals surface area contributed by atoms with Crippen molar-refractivity contribution in [3.63, 3.8) is 0 Å². The molecule has 0 radical (unpaired) electrons. The van der Waals surface area contributed by atoms with Crippen LogP contribution in [0.25, 0.3) is 11.5 Å². The lowest BCUT2D eigenvalue weighted by atomic mass is 10.1. The van der Waals surface area contributed by atoms with Crippen molar-refractivity contribution in [1.29, 1.82) is 0 Å². The summed E-state index contributed by atoms with van der Waals surface area (Å²) in [6, 6.07) is 11.3. The van der Waals surface area contributed by atoms with Crippen LogP contribution < -0.4 is 14.8 Å². The third-order valence-electron chi connectivity index (χ3n) is 3.84. The van der Waals surface area contributed by atoms with E-state index in [0.717, 1.165) is 5.56 Å². The fraction of sp³-hybridized carbons (Fsp3) is 0.211. The van der Waals surface area contributed by atoms with Gasteiger partial charge in [-0.15, -0.1) is 10.2 Å². The van der Waals surface area contributed by atoms with Crippen LogP contribution in [-0.2, 0) is 6.42 Å². The van der Waals surface area contributed by atoms with E-state index < -0.39 is 11.7 Å². The average Bonchev–Trinajstić information content (AvgIpc) is 3.18. The molecule has 0 saturated carbocycles. The molecule has 0 spiro atoms. The Labute approximate surface area is 155 Å². The quantitative estimate of drug-likeness (QED) is 0.687. The first kappa shape index (κ1) is 18.4. The minimum Gasteiger partial charge on any atom is -0.493 e. The largest absolute Gasteiger partial charge is 0.493 e. The predicted octanol–water partition coefficient (Wildman–Crippen LogP) is 2.87. The standard InChI is InChI=1S/C19H18FN3O4/c1-25-15-7-6-12(10-16(15)26-2)8-9-21-17(24)19-23-22-18(27-19)13-4-3-5-14(20)11-13/h3-7,10-11H,8-9H2,1-2H3,(H,21,24).